The number of pyridine rings is 1. The number of carbonyl (C=O) groups excluding carboxylic acids is 3. The van der Waals surface area contributed by atoms with Crippen LogP contribution in [0.3, 0.4) is 0 Å². The predicted molar refractivity (Wildman–Crippen MR) is 178 cm³/mol. The second-order valence-electron chi connectivity index (χ2n) is 11.8. The topological polar surface area (TPSA) is 130 Å². The molecule has 0 radical (unpaired) electrons. The van der Waals surface area contributed by atoms with Gasteiger partial charge in [-0.15, -0.1) is 0 Å². The lowest BCUT2D eigenvalue weighted by atomic mass is 10.0. The Bertz CT molecular complexity index is 1700. The van der Waals surface area contributed by atoms with E-state index in [9.17, 15) is 14.4 Å². The molecular formula is C36H38N6O4. The van der Waals surface area contributed by atoms with Gasteiger partial charge in [-0.3, -0.25) is 24.6 Å². The van der Waals surface area contributed by atoms with Crippen LogP contribution < -0.4 is 26.0 Å². The molecule has 1 atom stereocenters. The number of nitrogens with two attached hydrogens (primary N) is 1. The van der Waals surface area contributed by atoms with Gasteiger partial charge in [0.1, 0.15) is 23.4 Å². The molecule has 4 N–H and O–H groups in total. The first kappa shape index (κ1) is 30.8. The van der Waals surface area contributed by atoms with Crippen molar-refractivity contribution in [3.8, 4) is 22.8 Å². The van der Waals surface area contributed by atoms with Gasteiger partial charge in [-0.05, 0) is 86.5 Å². The van der Waals surface area contributed by atoms with Crippen LogP contribution in [0.4, 0.5) is 11.5 Å². The fraction of sp³-hybridized carbons (Fsp3) is 0.278. The van der Waals surface area contributed by atoms with E-state index in [1.807, 2.05) is 78.9 Å². The highest BCUT2D eigenvalue weighted by molar-refractivity contribution is 6.01. The number of imide groups is 1. The number of hydrogen-bond donors (Lipinski definition) is 3. The number of piperidine rings is 2. The fourth-order valence-corrected chi connectivity index (χ4v) is 6.10. The average Bonchev–Trinajstić information content (AvgIpc) is 3.07. The first-order chi connectivity index (χ1) is 22.3. The molecule has 3 heterocycles. The molecule has 2 aliphatic heterocycles. The van der Waals surface area contributed by atoms with Crippen molar-refractivity contribution in [3.05, 3.63) is 102 Å². The Morgan fingerprint density at radius 2 is 1.63 bits per heavy atom. The number of benzene rings is 3. The van der Waals surface area contributed by atoms with Crippen molar-refractivity contribution in [1.82, 2.24) is 15.2 Å². The van der Waals surface area contributed by atoms with Crippen LogP contribution in [0.25, 0.3) is 11.3 Å². The van der Waals surface area contributed by atoms with Crippen molar-refractivity contribution >= 4 is 29.2 Å². The minimum Gasteiger partial charge on any atom is -0.457 e. The Labute approximate surface area is 268 Å². The molecule has 2 fully saturated rings. The molecule has 4 aromatic rings. The van der Waals surface area contributed by atoms with E-state index in [1.165, 1.54) is 0 Å². The summed E-state index contributed by atoms with van der Waals surface area (Å²) in [6, 6.07) is 28.7. The second kappa shape index (κ2) is 13.8. The first-order valence-electron chi connectivity index (χ1n) is 15.6. The zero-order valence-corrected chi connectivity index (χ0v) is 25.8. The third-order valence-corrected chi connectivity index (χ3v) is 8.67. The van der Waals surface area contributed by atoms with Crippen molar-refractivity contribution in [2.45, 2.75) is 44.3 Å². The molecule has 6 rings (SSSR count). The van der Waals surface area contributed by atoms with E-state index in [4.69, 9.17) is 15.5 Å². The predicted octanol–water partition coefficient (Wildman–Crippen LogP) is 4.96. The van der Waals surface area contributed by atoms with Crippen molar-refractivity contribution in [3.63, 3.8) is 0 Å². The van der Waals surface area contributed by atoms with Crippen molar-refractivity contribution in [1.29, 1.82) is 0 Å². The van der Waals surface area contributed by atoms with Crippen LogP contribution in [0.15, 0.2) is 91.0 Å². The maximum absolute atomic E-state index is 12.3. The van der Waals surface area contributed by atoms with Crippen LogP contribution in [-0.4, -0.2) is 59.8 Å². The number of anilines is 2. The van der Waals surface area contributed by atoms with Crippen LogP contribution in [0.5, 0.6) is 11.5 Å². The zero-order chi connectivity index (χ0) is 32.0. The lowest BCUT2D eigenvalue weighted by Gasteiger charge is -2.38. The van der Waals surface area contributed by atoms with Gasteiger partial charge in [-0.1, -0.05) is 36.4 Å². The largest absolute Gasteiger partial charge is 0.457 e. The number of ether oxygens (including phenoxy) is 1. The summed E-state index contributed by atoms with van der Waals surface area (Å²) in [5, 5.41) is 5.78. The summed E-state index contributed by atoms with van der Waals surface area (Å²) in [7, 11) is 2.13. The molecular weight excluding hydrogens is 580 g/mol. The van der Waals surface area contributed by atoms with E-state index < -0.39 is 11.9 Å². The number of amides is 3. The standard InChI is InChI=1S/C36H38N6O4/c1-41(23-25-7-5-6-10-30(25)38-31-16-18-33(43)40-36(31)45)26-19-21-42(22-20-26)32-17-15-29(35(37)44)34(39-32)24-11-13-28(14-12-24)46-27-8-3-2-4-9-27/h2-15,17,26,31,38H,16,18-23H2,1H3,(H2,37,44)(H,40,43,45). The highest BCUT2D eigenvalue weighted by Crippen LogP contribution is 2.30. The van der Waals surface area contributed by atoms with E-state index in [0.717, 1.165) is 60.9 Å². The number of aromatic nitrogens is 1. The maximum Gasteiger partial charge on any atom is 0.250 e. The lowest BCUT2D eigenvalue weighted by molar-refractivity contribution is -0.133. The quantitative estimate of drug-likeness (QED) is 0.213. The number of para-hydroxylation sites is 2. The van der Waals surface area contributed by atoms with Crippen LogP contribution in [-0.2, 0) is 16.1 Å². The number of rotatable bonds is 10. The molecule has 10 nitrogen and oxygen atoms in total. The van der Waals surface area contributed by atoms with Crippen molar-refractivity contribution in [2.75, 3.05) is 30.4 Å². The molecule has 1 aromatic heterocycles. The van der Waals surface area contributed by atoms with Gasteiger partial charge in [0.15, 0.2) is 0 Å². The summed E-state index contributed by atoms with van der Waals surface area (Å²) in [5.74, 6) is 1.22. The van der Waals surface area contributed by atoms with Crippen LogP contribution in [0.2, 0.25) is 0 Å². The van der Waals surface area contributed by atoms with E-state index in [0.29, 0.717) is 35.9 Å². The normalized spacial score (nSPS) is 17.1. The molecule has 3 aromatic carbocycles. The molecule has 1 unspecified atom stereocenters. The lowest BCUT2D eigenvalue weighted by Crippen LogP contribution is -2.47. The smallest absolute Gasteiger partial charge is 0.250 e. The number of nitrogens with zero attached hydrogens (tertiary/aromatic N) is 3. The van der Waals surface area contributed by atoms with Crippen LogP contribution in [0.1, 0.15) is 41.6 Å². The number of nitrogens with one attached hydrogen (secondary N) is 2. The minimum absolute atomic E-state index is 0.221. The summed E-state index contributed by atoms with van der Waals surface area (Å²) in [5.41, 5.74) is 9.47. The monoisotopic (exact) mass is 618 g/mol. The summed E-state index contributed by atoms with van der Waals surface area (Å²) >= 11 is 0. The highest BCUT2D eigenvalue weighted by Gasteiger charge is 2.28. The van der Waals surface area contributed by atoms with Gasteiger partial charge in [-0.25, -0.2) is 4.98 Å². The SMILES string of the molecule is CN(Cc1ccccc1NC1CCC(=O)NC1=O)C1CCN(c2ccc(C(N)=O)c(-c3ccc(Oc4ccccc4)cc3)n2)CC1. The second-order valence-corrected chi connectivity index (χ2v) is 11.8. The van der Waals surface area contributed by atoms with Gasteiger partial charge in [0.25, 0.3) is 5.91 Å². The van der Waals surface area contributed by atoms with Crippen molar-refractivity contribution in [2.24, 2.45) is 5.73 Å². The Morgan fingerprint density at radius 1 is 0.935 bits per heavy atom. The highest BCUT2D eigenvalue weighted by atomic mass is 16.5. The number of hydrogen-bond acceptors (Lipinski definition) is 8. The van der Waals surface area contributed by atoms with Gasteiger partial charge in [0.05, 0.1) is 11.3 Å². The van der Waals surface area contributed by atoms with Gasteiger partial charge in [0, 0.05) is 43.3 Å². The molecule has 236 valence electrons. The molecule has 10 heteroatoms. The Kier molecular flexibility index (Phi) is 9.25. The first-order valence-corrected chi connectivity index (χ1v) is 15.6. The van der Waals surface area contributed by atoms with E-state index in [2.05, 4.69) is 33.5 Å². The fourth-order valence-electron chi connectivity index (χ4n) is 6.10. The van der Waals surface area contributed by atoms with Gasteiger partial charge < -0.3 is 20.7 Å². The third kappa shape index (κ3) is 7.18. The van der Waals surface area contributed by atoms with Crippen LogP contribution in [0, 0.1) is 0 Å². The van der Waals surface area contributed by atoms with E-state index in [-0.39, 0.29) is 11.8 Å². The minimum atomic E-state index is -0.522. The summed E-state index contributed by atoms with van der Waals surface area (Å²) in [4.78, 5) is 45.7. The molecule has 2 saturated heterocycles. The Hall–Kier alpha value is -5.22. The zero-order valence-electron chi connectivity index (χ0n) is 25.8. The molecule has 46 heavy (non-hydrogen) atoms. The average molecular weight is 619 g/mol. The summed E-state index contributed by atoms with van der Waals surface area (Å²) in [6.45, 7) is 2.36. The maximum atomic E-state index is 12.3. The van der Waals surface area contributed by atoms with Gasteiger partial charge in [-0.2, -0.15) is 0 Å². The summed E-state index contributed by atoms with van der Waals surface area (Å²) < 4.78 is 5.93. The summed E-state index contributed by atoms with van der Waals surface area (Å²) in [6.07, 6.45) is 2.71. The van der Waals surface area contributed by atoms with Crippen LogP contribution >= 0.6 is 0 Å². The Balaban J connectivity index is 1.10. The molecule has 0 spiro atoms. The number of carbonyl (C=O) groups is 3. The molecule has 2 aliphatic rings. The van der Waals surface area contributed by atoms with E-state index in [1.54, 1.807) is 6.07 Å². The molecule has 0 saturated carbocycles. The molecule has 0 bridgehead atoms. The molecule has 3 amide bonds. The third-order valence-electron chi connectivity index (χ3n) is 8.67. The van der Waals surface area contributed by atoms with E-state index >= 15 is 0 Å². The van der Waals surface area contributed by atoms with Gasteiger partial charge >= 0.3 is 0 Å². The number of primary amides is 1. The Morgan fingerprint density at radius 3 is 2.35 bits per heavy atom. The molecule has 0 aliphatic carbocycles. The van der Waals surface area contributed by atoms with Gasteiger partial charge in [0.2, 0.25) is 11.8 Å². The van der Waals surface area contributed by atoms with Crippen molar-refractivity contribution < 1.29 is 19.1 Å².